The molecule has 0 radical (unpaired) electrons. The SMILES string of the molecule is Cc1noc(Cc2c(C)nc(N)nc2C)n1. The van der Waals surface area contributed by atoms with Crippen molar-refractivity contribution in [2.75, 3.05) is 5.73 Å². The molecule has 2 rings (SSSR count). The highest BCUT2D eigenvalue weighted by molar-refractivity contribution is 5.32. The molecule has 6 heteroatoms. The van der Waals surface area contributed by atoms with E-state index < -0.39 is 0 Å². The number of aryl methyl sites for hydroxylation is 3. The Hall–Kier alpha value is -1.98. The lowest BCUT2D eigenvalue weighted by molar-refractivity contribution is 0.380. The molecule has 0 atom stereocenters. The number of rotatable bonds is 2. The summed E-state index contributed by atoms with van der Waals surface area (Å²) in [6.45, 7) is 5.57. The lowest BCUT2D eigenvalue weighted by Gasteiger charge is -2.06. The minimum absolute atomic E-state index is 0.292. The molecule has 0 aromatic carbocycles. The quantitative estimate of drug-likeness (QED) is 0.808. The highest BCUT2D eigenvalue weighted by Crippen LogP contribution is 2.15. The van der Waals surface area contributed by atoms with Crippen molar-refractivity contribution in [1.82, 2.24) is 20.1 Å². The summed E-state index contributed by atoms with van der Waals surface area (Å²) in [5, 5.41) is 3.74. The van der Waals surface area contributed by atoms with Crippen LogP contribution < -0.4 is 5.73 Å². The molecule has 0 fully saturated rings. The summed E-state index contributed by atoms with van der Waals surface area (Å²) in [7, 11) is 0. The van der Waals surface area contributed by atoms with Gasteiger partial charge in [-0.15, -0.1) is 0 Å². The van der Waals surface area contributed by atoms with Gasteiger partial charge >= 0.3 is 0 Å². The van der Waals surface area contributed by atoms with E-state index in [0.717, 1.165) is 17.0 Å². The standard InChI is InChI=1S/C10H13N5O/c1-5-8(6(2)13-10(11)12-5)4-9-14-7(3)15-16-9/h4H2,1-3H3,(H2,11,12,13). The fourth-order valence-corrected chi connectivity index (χ4v) is 1.58. The molecule has 0 aliphatic carbocycles. The van der Waals surface area contributed by atoms with Gasteiger partial charge in [0.2, 0.25) is 11.8 Å². The summed E-state index contributed by atoms with van der Waals surface area (Å²) in [4.78, 5) is 12.4. The van der Waals surface area contributed by atoms with Gasteiger partial charge in [-0.2, -0.15) is 4.98 Å². The van der Waals surface area contributed by atoms with Crippen molar-refractivity contribution in [1.29, 1.82) is 0 Å². The van der Waals surface area contributed by atoms with Crippen molar-refractivity contribution in [3.63, 3.8) is 0 Å². The van der Waals surface area contributed by atoms with E-state index in [1.54, 1.807) is 6.92 Å². The monoisotopic (exact) mass is 219 g/mol. The number of nitrogens with two attached hydrogens (primary N) is 1. The fourth-order valence-electron chi connectivity index (χ4n) is 1.58. The average molecular weight is 219 g/mol. The van der Waals surface area contributed by atoms with Gasteiger partial charge in [0.15, 0.2) is 5.82 Å². The van der Waals surface area contributed by atoms with Gasteiger partial charge in [0.05, 0.1) is 6.42 Å². The summed E-state index contributed by atoms with van der Waals surface area (Å²) < 4.78 is 5.06. The van der Waals surface area contributed by atoms with E-state index in [2.05, 4.69) is 20.1 Å². The molecule has 0 amide bonds. The molecule has 0 saturated carbocycles. The molecule has 2 heterocycles. The third-order valence-corrected chi connectivity index (χ3v) is 2.34. The van der Waals surface area contributed by atoms with Crippen LogP contribution in [0.4, 0.5) is 5.95 Å². The molecule has 6 nitrogen and oxygen atoms in total. The second-order valence-corrected chi connectivity index (χ2v) is 3.64. The topological polar surface area (TPSA) is 90.7 Å². The maximum absolute atomic E-state index is 5.55. The van der Waals surface area contributed by atoms with E-state index in [4.69, 9.17) is 10.3 Å². The minimum Gasteiger partial charge on any atom is -0.368 e. The Morgan fingerprint density at radius 3 is 2.19 bits per heavy atom. The van der Waals surface area contributed by atoms with Gasteiger partial charge < -0.3 is 10.3 Å². The first-order valence-electron chi connectivity index (χ1n) is 4.95. The molecule has 84 valence electrons. The average Bonchev–Trinajstić information content (AvgIpc) is 2.58. The van der Waals surface area contributed by atoms with Crippen LogP contribution in [-0.4, -0.2) is 20.1 Å². The molecule has 16 heavy (non-hydrogen) atoms. The van der Waals surface area contributed by atoms with Crippen LogP contribution in [0.2, 0.25) is 0 Å². The number of nitrogens with zero attached hydrogens (tertiary/aromatic N) is 4. The van der Waals surface area contributed by atoms with Crippen LogP contribution in [0.1, 0.15) is 28.7 Å². The highest BCUT2D eigenvalue weighted by atomic mass is 16.5. The number of hydrogen-bond acceptors (Lipinski definition) is 6. The van der Waals surface area contributed by atoms with Crippen molar-refractivity contribution in [2.24, 2.45) is 0 Å². The van der Waals surface area contributed by atoms with Crippen molar-refractivity contribution in [3.8, 4) is 0 Å². The Morgan fingerprint density at radius 2 is 1.69 bits per heavy atom. The van der Waals surface area contributed by atoms with Gasteiger partial charge in [-0.3, -0.25) is 0 Å². The molecule has 2 aromatic heterocycles. The number of hydrogen-bond donors (Lipinski definition) is 1. The van der Waals surface area contributed by atoms with Crippen molar-refractivity contribution >= 4 is 5.95 Å². The molecule has 2 N–H and O–H groups in total. The van der Waals surface area contributed by atoms with E-state index in [9.17, 15) is 0 Å². The van der Waals surface area contributed by atoms with Gasteiger partial charge in [-0.25, -0.2) is 9.97 Å². The van der Waals surface area contributed by atoms with Crippen molar-refractivity contribution in [3.05, 3.63) is 28.7 Å². The molecule has 0 aliphatic rings. The second kappa shape index (κ2) is 3.88. The van der Waals surface area contributed by atoms with Crippen LogP contribution in [0.25, 0.3) is 0 Å². The first kappa shape index (κ1) is 10.5. The molecular weight excluding hydrogens is 206 g/mol. The Bertz CT molecular complexity index is 497. The van der Waals surface area contributed by atoms with Crippen molar-refractivity contribution in [2.45, 2.75) is 27.2 Å². The van der Waals surface area contributed by atoms with Gasteiger partial charge in [0.1, 0.15) is 0 Å². The zero-order valence-electron chi connectivity index (χ0n) is 9.48. The van der Waals surface area contributed by atoms with Crippen LogP contribution in [0.3, 0.4) is 0 Å². The van der Waals surface area contributed by atoms with E-state index in [1.807, 2.05) is 13.8 Å². The first-order valence-corrected chi connectivity index (χ1v) is 4.95. The summed E-state index contributed by atoms with van der Waals surface area (Å²) in [5.41, 5.74) is 8.23. The molecule has 0 unspecified atom stereocenters. The lowest BCUT2D eigenvalue weighted by Crippen LogP contribution is -2.05. The van der Waals surface area contributed by atoms with Crippen LogP contribution >= 0.6 is 0 Å². The normalized spacial score (nSPS) is 10.7. The van der Waals surface area contributed by atoms with Crippen LogP contribution in [0.15, 0.2) is 4.52 Å². The Balaban J connectivity index is 2.34. The zero-order valence-corrected chi connectivity index (χ0v) is 9.48. The third kappa shape index (κ3) is 2.00. The first-order chi connectivity index (χ1) is 7.56. The van der Waals surface area contributed by atoms with E-state index in [0.29, 0.717) is 24.1 Å². The van der Waals surface area contributed by atoms with Crippen LogP contribution in [0, 0.1) is 20.8 Å². The fraction of sp³-hybridized carbons (Fsp3) is 0.400. The number of aromatic nitrogens is 4. The maximum Gasteiger partial charge on any atom is 0.231 e. The largest absolute Gasteiger partial charge is 0.368 e. The summed E-state index contributed by atoms with van der Waals surface area (Å²) >= 11 is 0. The highest BCUT2D eigenvalue weighted by Gasteiger charge is 2.11. The predicted molar refractivity (Wildman–Crippen MR) is 57.8 cm³/mol. The molecule has 0 saturated heterocycles. The Morgan fingerprint density at radius 1 is 1.06 bits per heavy atom. The van der Waals surface area contributed by atoms with E-state index in [1.165, 1.54) is 0 Å². The van der Waals surface area contributed by atoms with E-state index >= 15 is 0 Å². The molecule has 0 bridgehead atoms. The van der Waals surface area contributed by atoms with Crippen LogP contribution in [-0.2, 0) is 6.42 Å². The summed E-state index contributed by atoms with van der Waals surface area (Å²) in [5.74, 6) is 1.49. The predicted octanol–water partition coefficient (Wildman–Crippen LogP) is 0.958. The Labute approximate surface area is 92.9 Å². The molecular formula is C10H13N5O. The van der Waals surface area contributed by atoms with Gasteiger partial charge in [0.25, 0.3) is 0 Å². The number of nitrogen functional groups attached to an aromatic ring is 1. The Kier molecular flexibility index (Phi) is 2.55. The maximum atomic E-state index is 5.55. The van der Waals surface area contributed by atoms with Crippen LogP contribution in [0.5, 0.6) is 0 Å². The minimum atomic E-state index is 0.292. The lowest BCUT2D eigenvalue weighted by atomic mass is 10.1. The zero-order chi connectivity index (χ0) is 11.7. The summed E-state index contributed by atoms with van der Waals surface area (Å²) in [6, 6.07) is 0. The van der Waals surface area contributed by atoms with E-state index in [-0.39, 0.29) is 0 Å². The summed E-state index contributed by atoms with van der Waals surface area (Å²) in [6.07, 6.45) is 0.540. The molecule has 0 aliphatic heterocycles. The smallest absolute Gasteiger partial charge is 0.231 e. The van der Waals surface area contributed by atoms with Gasteiger partial charge in [0, 0.05) is 17.0 Å². The second-order valence-electron chi connectivity index (χ2n) is 3.64. The number of anilines is 1. The van der Waals surface area contributed by atoms with Crippen molar-refractivity contribution < 1.29 is 4.52 Å². The third-order valence-electron chi connectivity index (χ3n) is 2.34. The molecule has 2 aromatic rings. The van der Waals surface area contributed by atoms with Gasteiger partial charge in [-0.05, 0) is 20.8 Å². The van der Waals surface area contributed by atoms with Gasteiger partial charge in [-0.1, -0.05) is 5.16 Å². The molecule has 0 spiro atoms.